The predicted molar refractivity (Wildman–Crippen MR) is 71.3 cm³/mol. The quantitative estimate of drug-likeness (QED) is 0.660. The van der Waals surface area contributed by atoms with Gasteiger partial charge in [0.2, 0.25) is 0 Å². The van der Waals surface area contributed by atoms with Crippen LogP contribution < -0.4 is 5.73 Å². The van der Waals surface area contributed by atoms with E-state index in [1.54, 1.807) is 13.2 Å². The number of ether oxygens (including phenoxy) is 3. The molecule has 1 aromatic carbocycles. The number of hydrogen-bond acceptors (Lipinski definition) is 4. The van der Waals surface area contributed by atoms with Crippen LogP contribution in [0.5, 0.6) is 0 Å². The standard InChI is InChI=1S/C14H22FNO3/c1-17-7-8-18-5-2-6-19-11-13-4-3-12(10-16)9-14(13)15/h3-4,9H,2,5-8,10-11,16H2,1H3. The van der Waals surface area contributed by atoms with Gasteiger partial charge < -0.3 is 19.9 Å². The van der Waals surface area contributed by atoms with Gasteiger partial charge in [-0.1, -0.05) is 12.1 Å². The molecule has 1 rings (SSSR count). The molecule has 0 saturated carbocycles. The highest BCUT2D eigenvalue weighted by molar-refractivity contribution is 5.23. The first-order valence-electron chi connectivity index (χ1n) is 6.39. The van der Waals surface area contributed by atoms with E-state index in [0.717, 1.165) is 12.0 Å². The Kier molecular flexibility index (Phi) is 8.33. The van der Waals surface area contributed by atoms with Crippen LogP contribution in [0, 0.1) is 5.82 Å². The smallest absolute Gasteiger partial charge is 0.129 e. The molecular weight excluding hydrogens is 249 g/mol. The molecule has 0 atom stereocenters. The normalized spacial score (nSPS) is 10.9. The van der Waals surface area contributed by atoms with Gasteiger partial charge in [-0.2, -0.15) is 0 Å². The maximum absolute atomic E-state index is 13.6. The summed E-state index contributed by atoms with van der Waals surface area (Å²) in [5.74, 6) is -0.265. The van der Waals surface area contributed by atoms with E-state index in [0.29, 0.717) is 38.5 Å². The molecule has 0 aliphatic carbocycles. The summed E-state index contributed by atoms with van der Waals surface area (Å²) in [4.78, 5) is 0. The van der Waals surface area contributed by atoms with Crippen LogP contribution in [0.4, 0.5) is 4.39 Å². The molecule has 0 aliphatic rings. The molecule has 1 aromatic rings. The molecule has 0 unspecified atom stereocenters. The fourth-order valence-corrected chi connectivity index (χ4v) is 1.52. The Bertz CT molecular complexity index is 361. The van der Waals surface area contributed by atoms with E-state index >= 15 is 0 Å². The fraction of sp³-hybridized carbons (Fsp3) is 0.571. The molecule has 0 amide bonds. The third kappa shape index (κ3) is 6.63. The van der Waals surface area contributed by atoms with Crippen LogP contribution in [0.15, 0.2) is 18.2 Å². The van der Waals surface area contributed by atoms with E-state index < -0.39 is 0 Å². The van der Waals surface area contributed by atoms with Gasteiger partial charge in [0, 0.05) is 32.4 Å². The van der Waals surface area contributed by atoms with Gasteiger partial charge >= 0.3 is 0 Å². The highest BCUT2D eigenvalue weighted by Crippen LogP contribution is 2.11. The molecule has 0 radical (unpaired) electrons. The minimum Gasteiger partial charge on any atom is -0.382 e. The Morgan fingerprint density at radius 1 is 1.11 bits per heavy atom. The molecule has 5 heteroatoms. The highest BCUT2D eigenvalue weighted by Gasteiger charge is 2.03. The minimum atomic E-state index is -0.265. The summed E-state index contributed by atoms with van der Waals surface area (Å²) in [7, 11) is 1.64. The summed E-state index contributed by atoms with van der Waals surface area (Å²) in [6, 6.07) is 4.98. The second-order valence-corrected chi connectivity index (χ2v) is 4.14. The van der Waals surface area contributed by atoms with Crippen molar-refractivity contribution in [3.63, 3.8) is 0 Å². The van der Waals surface area contributed by atoms with Crippen LogP contribution in [-0.4, -0.2) is 33.5 Å². The van der Waals surface area contributed by atoms with E-state index in [1.165, 1.54) is 6.07 Å². The molecule has 108 valence electrons. The molecule has 4 nitrogen and oxygen atoms in total. The largest absolute Gasteiger partial charge is 0.382 e. The lowest BCUT2D eigenvalue weighted by Gasteiger charge is -2.07. The SMILES string of the molecule is COCCOCCCOCc1ccc(CN)cc1F. The first-order chi connectivity index (χ1) is 9.27. The number of nitrogens with two attached hydrogens (primary N) is 1. The third-order valence-electron chi connectivity index (χ3n) is 2.62. The average molecular weight is 271 g/mol. The lowest BCUT2D eigenvalue weighted by Crippen LogP contribution is -2.06. The van der Waals surface area contributed by atoms with Crippen LogP contribution in [-0.2, 0) is 27.4 Å². The molecule has 19 heavy (non-hydrogen) atoms. The Morgan fingerprint density at radius 2 is 1.89 bits per heavy atom. The monoisotopic (exact) mass is 271 g/mol. The molecule has 0 spiro atoms. The Balaban J connectivity index is 2.12. The van der Waals surface area contributed by atoms with Gasteiger partial charge in [-0.25, -0.2) is 4.39 Å². The van der Waals surface area contributed by atoms with Crippen LogP contribution in [0.1, 0.15) is 17.5 Å². The number of methoxy groups -OCH3 is 1. The molecular formula is C14H22FNO3. The summed E-state index contributed by atoms with van der Waals surface area (Å²) >= 11 is 0. The van der Waals surface area contributed by atoms with Crippen molar-refractivity contribution >= 4 is 0 Å². The van der Waals surface area contributed by atoms with Gasteiger partial charge in [0.15, 0.2) is 0 Å². The zero-order valence-electron chi connectivity index (χ0n) is 11.4. The summed E-state index contributed by atoms with van der Waals surface area (Å²) < 4.78 is 29.1. The molecule has 0 aromatic heterocycles. The van der Waals surface area contributed by atoms with E-state index in [9.17, 15) is 4.39 Å². The Morgan fingerprint density at radius 3 is 2.58 bits per heavy atom. The molecule has 0 bridgehead atoms. The number of halogens is 1. The van der Waals surface area contributed by atoms with Crippen LogP contribution in [0.3, 0.4) is 0 Å². The van der Waals surface area contributed by atoms with Gasteiger partial charge in [-0.3, -0.25) is 0 Å². The van der Waals surface area contributed by atoms with Crippen molar-refractivity contribution in [3.05, 3.63) is 35.1 Å². The van der Waals surface area contributed by atoms with Crippen molar-refractivity contribution in [2.75, 3.05) is 33.5 Å². The topological polar surface area (TPSA) is 53.7 Å². The van der Waals surface area contributed by atoms with Crippen molar-refractivity contribution < 1.29 is 18.6 Å². The predicted octanol–water partition coefficient (Wildman–Crippen LogP) is 1.85. The van der Waals surface area contributed by atoms with E-state index in [4.69, 9.17) is 19.9 Å². The van der Waals surface area contributed by atoms with Crippen molar-refractivity contribution in [2.24, 2.45) is 5.73 Å². The zero-order chi connectivity index (χ0) is 13.9. The van der Waals surface area contributed by atoms with Crippen LogP contribution in [0.2, 0.25) is 0 Å². The van der Waals surface area contributed by atoms with E-state index in [1.807, 2.05) is 6.07 Å². The van der Waals surface area contributed by atoms with Crippen LogP contribution in [0.25, 0.3) is 0 Å². The first-order valence-corrected chi connectivity index (χ1v) is 6.39. The maximum atomic E-state index is 13.6. The molecule has 0 aliphatic heterocycles. The van der Waals surface area contributed by atoms with Gasteiger partial charge in [0.25, 0.3) is 0 Å². The number of hydrogen-bond donors (Lipinski definition) is 1. The average Bonchev–Trinajstić information content (AvgIpc) is 2.43. The lowest BCUT2D eigenvalue weighted by atomic mass is 10.1. The summed E-state index contributed by atoms with van der Waals surface area (Å²) in [5, 5.41) is 0. The first kappa shape index (κ1) is 16.0. The molecule has 2 N–H and O–H groups in total. The minimum absolute atomic E-state index is 0.265. The fourth-order valence-electron chi connectivity index (χ4n) is 1.52. The van der Waals surface area contributed by atoms with Gasteiger partial charge in [-0.15, -0.1) is 0 Å². The van der Waals surface area contributed by atoms with Crippen LogP contribution >= 0.6 is 0 Å². The van der Waals surface area contributed by atoms with Crippen molar-refractivity contribution in [1.82, 2.24) is 0 Å². The summed E-state index contributed by atoms with van der Waals surface area (Å²) in [6.07, 6.45) is 0.784. The molecule has 0 fully saturated rings. The Hall–Kier alpha value is -1.01. The van der Waals surface area contributed by atoms with E-state index in [2.05, 4.69) is 0 Å². The van der Waals surface area contributed by atoms with Gasteiger partial charge in [0.05, 0.1) is 19.8 Å². The van der Waals surface area contributed by atoms with Crippen molar-refractivity contribution in [3.8, 4) is 0 Å². The second-order valence-electron chi connectivity index (χ2n) is 4.14. The molecule has 0 saturated heterocycles. The van der Waals surface area contributed by atoms with Crippen molar-refractivity contribution in [1.29, 1.82) is 0 Å². The number of rotatable bonds is 10. The second kappa shape index (κ2) is 9.86. The van der Waals surface area contributed by atoms with E-state index in [-0.39, 0.29) is 12.4 Å². The van der Waals surface area contributed by atoms with Crippen molar-refractivity contribution in [2.45, 2.75) is 19.6 Å². The van der Waals surface area contributed by atoms with Gasteiger partial charge in [-0.05, 0) is 18.1 Å². The Labute approximate surface area is 113 Å². The third-order valence-corrected chi connectivity index (χ3v) is 2.62. The highest BCUT2D eigenvalue weighted by atomic mass is 19.1. The summed E-state index contributed by atoms with van der Waals surface area (Å²) in [6.45, 7) is 2.97. The number of benzene rings is 1. The van der Waals surface area contributed by atoms with Gasteiger partial charge in [0.1, 0.15) is 5.82 Å². The summed E-state index contributed by atoms with van der Waals surface area (Å²) in [5.41, 5.74) is 6.78. The lowest BCUT2D eigenvalue weighted by molar-refractivity contribution is 0.0479. The maximum Gasteiger partial charge on any atom is 0.129 e. The zero-order valence-corrected chi connectivity index (χ0v) is 11.4. The molecule has 0 heterocycles.